The molecule has 0 bridgehead atoms. The minimum absolute atomic E-state index is 0.0871. The number of ether oxygens (including phenoxy) is 1. The standard InChI is InChI=1S/C13H13NO4.2C2H6/c1-18-10-4-2-9-3-5-12(15)14(11(9)8-10)7-6-13(16)17;2*1-2/h2-5,8H,6-7H2,1H3,(H,16,17);2*1-2H3. The van der Waals surface area contributed by atoms with Gasteiger partial charge >= 0.3 is 5.97 Å². The second kappa shape index (κ2) is 10.4. The van der Waals surface area contributed by atoms with Crippen LogP contribution in [0.25, 0.3) is 10.9 Å². The number of hydrogen-bond acceptors (Lipinski definition) is 3. The Labute approximate surface area is 131 Å². The monoisotopic (exact) mass is 307 g/mol. The number of aromatic nitrogens is 1. The van der Waals surface area contributed by atoms with Gasteiger partial charge in [-0.15, -0.1) is 0 Å². The fourth-order valence-electron chi connectivity index (χ4n) is 1.83. The van der Waals surface area contributed by atoms with Crippen molar-refractivity contribution in [2.24, 2.45) is 0 Å². The normalized spacial score (nSPS) is 9.14. The van der Waals surface area contributed by atoms with Crippen LogP contribution < -0.4 is 10.3 Å². The predicted octanol–water partition coefficient (Wildman–Crippen LogP) is 3.54. The van der Waals surface area contributed by atoms with Gasteiger partial charge in [-0.25, -0.2) is 0 Å². The number of aliphatic carboxylic acids is 1. The first-order valence-electron chi connectivity index (χ1n) is 7.51. The highest BCUT2D eigenvalue weighted by Gasteiger charge is 2.06. The van der Waals surface area contributed by atoms with Crippen molar-refractivity contribution in [3.05, 3.63) is 40.7 Å². The Morgan fingerprint density at radius 2 is 1.73 bits per heavy atom. The van der Waals surface area contributed by atoms with Crippen molar-refractivity contribution >= 4 is 16.9 Å². The van der Waals surface area contributed by atoms with Gasteiger partial charge in [0, 0.05) is 18.7 Å². The van der Waals surface area contributed by atoms with Crippen LogP contribution in [-0.4, -0.2) is 22.8 Å². The van der Waals surface area contributed by atoms with E-state index in [4.69, 9.17) is 9.84 Å². The Morgan fingerprint density at radius 3 is 2.27 bits per heavy atom. The van der Waals surface area contributed by atoms with E-state index >= 15 is 0 Å². The Bertz CT molecular complexity index is 647. The highest BCUT2D eigenvalue weighted by atomic mass is 16.5. The van der Waals surface area contributed by atoms with Crippen LogP contribution in [0.2, 0.25) is 0 Å². The molecule has 5 nitrogen and oxygen atoms in total. The van der Waals surface area contributed by atoms with Crippen LogP contribution in [-0.2, 0) is 11.3 Å². The molecule has 0 radical (unpaired) electrons. The third-order valence-electron chi connectivity index (χ3n) is 2.75. The van der Waals surface area contributed by atoms with Crippen molar-refractivity contribution in [2.45, 2.75) is 40.7 Å². The number of benzene rings is 1. The van der Waals surface area contributed by atoms with Crippen molar-refractivity contribution in [1.29, 1.82) is 0 Å². The first-order chi connectivity index (χ1) is 10.6. The average molecular weight is 307 g/mol. The van der Waals surface area contributed by atoms with Gasteiger partial charge in [-0.1, -0.05) is 27.7 Å². The van der Waals surface area contributed by atoms with Gasteiger partial charge in [0.1, 0.15) is 5.75 Å². The van der Waals surface area contributed by atoms with Crippen LogP contribution in [0.3, 0.4) is 0 Å². The van der Waals surface area contributed by atoms with E-state index < -0.39 is 5.97 Å². The number of nitrogens with zero attached hydrogens (tertiary/aromatic N) is 1. The zero-order valence-electron chi connectivity index (χ0n) is 13.9. The maximum Gasteiger partial charge on any atom is 0.305 e. The van der Waals surface area contributed by atoms with E-state index in [9.17, 15) is 9.59 Å². The lowest BCUT2D eigenvalue weighted by Gasteiger charge is -2.10. The molecule has 0 amide bonds. The van der Waals surface area contributed by atoms with E-state index in [1.165, 1.54) is 10.6 Å². The van der Waals surface area contributed by atoms with Crippen molar-refractivity contribution in [1.82, 2.24) is 4.57 Å². The SMILES string of the molecule is CC.CC.COc1ccc2ccc(=O)n(CCC(=O)O)c2c1. The number of carbonyl (C=O) groups is 1. The van der Waals surface area contributed by atoms with E-state index in [0.717, 1.165) is 5.39 Å². The largest absolute Gasteiger partial charge is 0.497 e. The van der Waals surface area contributed by atoms with Crippen molar-refractivity contribution < 1.29 is 14.6 Å². The summed E-state index contributed by atoms with van der Waals surface area (Å²) in [5.41, 5.74) is 0.472. The predicted molar refractivity (Wildman–Crippen MR) is 89.7 cm³/mol. The molecule has 0 aliphatic rings. The zero-order valence-corrected chi connectivity index (χ0v) is 13.9. The van der Waals surface area contributed by atoms with Crippen LogP contribution >= 0.6 is 0 Å². The van der Waals surface area contributed by atoms with Gasteiger partial charge < -0.3 is 14.4 Å². The number of fused-ring (bicyclic) bond motifs is 1. The third kappa shape index (κ3) is 5.24. The van der Waals surface area contributed by atoms with Crippen LogP contribution in [0.5, 0.6) is 5.75 Å². The highest BCUT2D eigenvalue weighted by molar-refractivity contribution is 5.80. The molecule has 122 valence electrons. The van der Waals surface area contributed by atoms with Gasteiger partial charge in [0.05, 0.1) is 19.0 Å². The maximum atomic E-state index is 11.8. The summed E-state index contributed by atoms with van der Waals surface area (Å²) in [4.78, 5) is 22.4. The molecule has 1 N–H and O–H groups in total. The van der Waals surface area contributed by atoms with E-state index in [1.54, 1.807) is 25.3 Å². The van der Waals surface area contributed by atoms with Gasteiger partial charge in [0.25, 0.3) is 5.56 Å². The molecule has 0 spiro atoms. The summed E-state index contributed by atoms with van der Waals surface area (Å²) < 4.78 is 6.56. The summed E-state index contributed by atoms with van der Waals surface area (Å²) in [5, 5.41) is 9.57. The maximum absolute atomic E-state index is 11.8. The second-order valence-corrected chi connectivity index (χ2v) is 3.89. The van der Waals surface area contributed by atoms with Gasteiger partial charge in [-0.2, -0.15) is 0 Å². The fourth-order valence-corrected chi connectivity index (χ4v) is 1.83. The summed E-state index contributed by atoms with van der Waals surface area (Å²) in [6.45, 7) is 8.15. The van der Waals surface area contributed by atoms with Crippen LogP contribution in [0.4, 0.5) is 0 Å². The number of rotatable bonds is 4. The molecule has 2 rings (SSSR count). The highest BCUT2D eigenvalue weighted by Crippen LogP contribution is 2.19. The number of carboxylic acid groups (broad SMARTS) is 1. The van der Waals surface area contributed by atoms with Crippen molar-refractivity contribution in [3.63, 3.8) is 0 Å². The molecule has 0 unspecified atom stereocenters. The quantitative estimate of drug-likeness (QED) is 0.938. The molecular formula is C17H25NO4. The molecule has 2 aromatic rings. The number of carboxylic acids is 1. The van der Waals surface area contributed by atoms with E-state index in [2.05, 4.69) is 0 Å². The fraction of sp³-hybridized carbons (Fsp3) is 0.412. The molecule has 0 saturated carbocycles. The molecule has 0 aliphatic heterocycles. The van der Waals surface area contributed by atoms with Gasteiger partial charge in [0.15, 0.2) is 0 Å². The molecule has 1 heterocycles. The number of hydrogen-bond donors (Lipinski definition) is 1. The number of methoxy groups -OCH3 is 1. The minimum atomic E-state index is -0.929. The Hall–Kier alpha value is -2.30. The van der Waals surface area contributed by atoms with Gasteiger partial charge in [-0.3, -0.25) is 9.59 Å². The Kier molecular flexibility index (Phi) is 9.34. The molecule has 1 aromatic carbocycles. The molecule has 1 aromatic heterocycles. The molecule has 0 atom stereocenters. The first kappa shape index (κ1) is 19.7. The second-order valence-electron chi connectivity index (χ2n) is 3.89. The van der Waals surface area contributed by atoms with Crippen molar-refractivity contribution in [2.75, 3.05) is 7.11 Å². The number of pyridine rings is 1. The van der Waals surface area contributed by atoms with Gasteiger partial charge in [-0.05, 0) is 23.6 Å². The lowest BCUT2D eigenvalue weighted by atomic mass is 10.2. The van der Waals surface area contributed by atoms with Gasteiger partial charge in [0.2, 0.25) is 0 Å². The molecule has 0 aliphatic carbocycles. The van der Waals surface area contributed by atoms with Crippen LogP contribution in [0.1, 0.15) is 34.1 Å². The Morgan fingerprint density at radius 1 is 1.14 bits per heavy atom. The summed E-state index contributed by atoms with van der Waals surface area (Å²) in [6.07, 6.45) is -0.0871. The van der Waals surface area contributed by atoms with Crippen LogP contribution in [0.15, 0.2) is 35.1 Å². The first-order valence-corrected chi connectivity index (χ1v) is 7.51. The minimum Gasteiger partial charge on any atom is -0.497 e. The summed E-state index contributed by atoms with van der Waals surface area (Å²) in [7, 11) is 1.55. The van der Waals surface area contributed by atoms with E-state index in [1.807, 2.05) is 33.8 Å². The lowest BCUT2D eigenvalue weighted by Crippen LogP contribution is -2.20. The molecular weight excluding hydrogens is 282 g/mol. The third-order valence-corrected chi connectivity index (χ3v) is 2.75. The molecule has 22 heavy (non-hydrogen) atoms. The van der Waals surface area contributed by atoms with E-state index in [0.29, 0.717) is 11.3 Å². The molecule has 0 fully saturated rings. The summed E-state index contributed by atoms with van der Waals surface area (Å²) in [6, 6.07) is 8.53. The number of aryl methyl sites for hydroxylation is 1. The van der Waals surface area contributed by atoms with E-state index in [-0.39, 0.29) is 18.5 Å². The van der Waals surface area contributed by atoms with Crippen LogP contribution in [0, 0.1) is 0 Å². The zero-order chi connectivity index (χ0) is 17.1. The molecule has 0 saturated heterocycles. The summed E-state index contributed by atoms with van der Waals surface area (Å²) in [5.74, 6) is -0.293. The molecule has 5 heteroatoms. The summed E-state index contributed by atoms with van der Waals surface area (Å²) >= 11 is 0. The lowest BCUT2D eigenvalue weighted by molar-refractivity contribution is -0.137. The van der Waals surface area contributed by atoms with Crippen molar-refractivity contribution in [3.8, 4) is 5.75 Å². The Balaban J connectivity index is 0.00000102. The average Bonchev–Trinajstić information content (AvgIpc) is 2.57. The topological polar surface area (TPSA) is 68.5 Å². The smallest absolute Gasteiger partial charge is 0.305 e.